The van der Waals surface area contributed by atoms with E-state index in [9.17, 15) is 25.9 Å². The Labute approximate surface area is 384 Å². The van der Waals surface area contributed by atoms with Gasteiger partial charge in [0.25, 0.3) is 0 Å². The van der Waals surface area contributed by atoms with Crippen molar-refractivity contribution >= 4 is 80.7 Å². The first-order valence-corrected chi connectivity index (χ1v) is 24.1. The molecule has 2 unspecified atom stereocenters. The van der Waals surface area contributed by atoms with Gasteiger partial charge in [0.05, 0.1) is 44.9 Å². The quantitative estimate of drug-likeness (QED) is 0.0445. The fourth-order valence-electron chi connectivity index (χ4n) is 8.08. The Balaban J connectivity index is 0.000000256. The minimum atomic E-state index is -4.55. The normalized spacial score (nSPS) is 15.7. The molecule has 0 spiro atoms. The van der Waals surface area contributed by atoms with Crippen molar-refractivity contribution in [2.24, 2.45) is 0 Å². The fraction of sp³-hybridized carbons (Fsp3) is 0.478. The average molecular weight is 871 g/mol. The maximum absolute atomic E-state index is 11.9. The van der Waals surface area contributed by atoms with Crippen LogP contribution in [0, 0.1) is 0 Å². The van der Waals surface area contributed by atoms with Crippen LogP contribution in [0.25, 0.3) is 0 Å². The van der Waals surface area contributed by atoms with Crippen LogP contribution in [0.15, 0.2) is 107 Å². The Morgan fingerprint density at radius 2 is 0.814 bits per heavy atom. The van der Waals surface area contributed by atoms with Crippen LogP contribution in [0.1, 0.15) is 128 Å². The molecular formula is C46H62CaN4O6S2. The first kappa shape index (κ1) is 48.8. The van der Waals surface area contributed by atoms with Gasteiger partial charge in [-0.15, -0.1) is 0 Å². The number of rotatable bonds is 22. The maximum Gasteiger partial charge on any atom is 2.00 e. The van der Waals surface area contributed by atoms with E-state index < -0.39 is 20.2 Å². The summed E-state index contributed by atoms with van der Waals surface area (Å²) in [7, 11) is -9.09. The van der Waals surface area contributed by atoms with Crippen LogP contribution in [0.3, 0.4) is 0 Å². The van der Waals surface area contributed by atoms with Gasteiger partial charge in [0, 0.05) is 13.1 Å². The van der Waals surface area contributed by atoms with Gasteiger partial charge in [-0.05, 0) is 61.1 Å². The summed E-state index contributed by atoms with van der Waals surface area (Å²) in [6.07, 6.45) is 19.0. The summed E-state index contributed by atoms with van der Waals surface area (Å²) in [5.41, 5.74) is 4.66. The van der Waals surface area contributed by atoms with E-state index in [1.807, 2.05) is 82.6 Å². The standard InChI is InChI=1S/2C23H32N2O3S.Ca/c2*1-2-3-4-5-6-7-11-17-22-24-20-15-12-16-21(29(26,27)28)23(20)25(22)18-19-13-9-8-10-14-19;/h2*8-10,12-16,22,24H,2-7,11,17-18H2,1H3,(H,26,27,28);/q;;+2/p-2. The monoisotopic (exact) mass is 870 g/mol. The number of nitrogens with one attached hydrogen (secondary N) is 2. The van der Waals surface area contributed by atoms with Gasteiger partial charge < -0.3 is 29.5 Å². The molecule has 2 heterocycles. The Morgan fingerprint density at radius 1 is 0.475 bits per heavy atom. The van der Waals surface area contributed by atoms with Crippen molar-refractivity contribution in [3.05, 3.63) is 108 Å². The van der Waals surface area contributed by atoms with Crippen molar-refractivity contribution in [2.45, 2.75) is 152 Å². The molecule has 0 bridgehead atoms. The molecule has 0 aromatic heterocycles. The van der Waals surface area contributed by atoms with Crippen molar-refractivity contribution < 1.29 is 25.9 Å². The maximum atomic E-state index is 11.9. The average Bonchev–Trinajstić information content (AvgIpc) is 3.74. The number of hydrogen-bond donors (Lipinski definition) is 2. The van der Waals surface area contributed by atoms with E-state index in [1.165, 1.54) is 89.2 Å². The first-order chi connectivity index (χ1) is 28.0. The molecule has 4 aromatic carbocycles. The second kappa shape index (κ2) is 24.6. The minimum absolute atomic E-state index is 0. The summed E-state index contributed by atoms with van der Waals surface area (Å²) in [6.45, 7) is 5.57. The van der Waals surface area contributed by atoms with Crippen LogP contribution in [-0.2, 0) is 33.3 Å². The molecular weight excluding hydrogens is 809 g/mol. The minimum Gasteiger partial charge on any atom is -0.744 e. The zero-order chi connectivity index (χ0) is 41.4. The van der Waals surface area contributed by atoms with Crippen LogP contribution in [-0.4, -0.2) is 76.0 Å². The van der Waals surface area contributed by atoms with Crippen LogP contribution < -0.4 is 20.4 Å². The predicted octanol–water partition coefficient (Wildman–Crippen LogP) is 10.6. The smallest absolute Gasteiger partial charge is 0.744 e. The Hall–Kier alpha value is -2.84. The van der Waals surface area contributed by atoms with Gasteiger partial charge in [-0.1, -0.05) is 164 Å². The van der Waals surface area contributed by atoms with Crippen LogP contribution in [0.4, 0.5) is 22.7 Å². The number of benzene rings is 4. The van der Waals surface area contributed by atoms with Crippen LogP contribution in [0.2, 0.25) is 0 Å². The molecule has 0 fully saturated rings. The van der Waals surface area contributed by atoms with E-state index in [0.29, 0.717) is 24.5 Å². The van der Waals surface area contributed by atoms with Gasteiger partial charge in [-0.2, -0.15) is 0 Å². The van der Waals surface area contributed by atoms with Crippen molar-refractivity contribution in [1.82, 2.24) is 0 Å². The molecule has 10 nitrogen and oxygen atoms in total. The molecule has 0 saturated carbocycles. The fourth-order valence-corrected chi connectivity index (χ4v) is 9.50. The van der Waals surface area contributed by atoms with E-state index >= 15 is 0 Å². The summed E-state index contributed by atoms with van der Waals surface area (Å²) in [5, 5.41) is 6.90. The molecule has 13 heteroatoms. The molecule has 2 aliphatic heterocycles. The van der Waals surface area contributed by atoms with Crippen LogP contribution in [0.5, 0.6) is 0 Å². The molecule has 0 radical (unpaired) electrons. The van der Waals surface area contributed by atoms with E-state index in [-0.39, 0.29) is 59.9 Å². The number of unbranched alkanes of at least 4 members (excludes halogenated alkanes) is 12. The van der Waals surface area contributed by atoms with Gasteiger partial charge in [0.15, 0.2) is 0 Å². The predicted molar refractivity (Wildman–Crippen MR) is 240 cm³/mol. The Morgan fingerprint density at radius 3 is 1.15 bits per heavy atom. The van der Waals surface area contributed by atoms with E-state index in [1.54, 1.807) is 12.1 Å². The molecule has 4 aromatic rings. The van der Waals surface area contributed by atoms with Crippen molar-refractivity contribution in [3.63, 3.8) is 0 Å². The van der Waals surface area contributed by atoms with E-state index in [0.717, 1.165) is 48.2 Å². The van der Waals surface area contributed by atoms with Crippen molar-refractivity contribution in [2.75, 3.05) is 20.4 Å². The van der Waals surface area contributed by atoms with Crippen molar-refractivity contribution in [3.8, 4) is 0 Å². The summed E-state index contributed by atoms with van der Waals surface area (Å²) >= 11 is 0. The second-order valence-electron chi connectivity index (χ2n) is 15.6. The topological polar surface area (TPSA) is 145 Å². The molecule has 59 heavy (non-hydrogen) atoms. The molecule has 6 rings (SSSR count). The number of anilines is 4. The molecule has 0 amide bonds. The number of fused-ring (bicyclic) bond motifs is 2. The van der Waals surface area contributed by atoms with Gasteiger partial charge in [-0.3, -0.25) is 0 Å². The second-order valence-corrected chi connectivity index (χ2v) is 18.3. The van der Waals surface area contributed by atoms with Gasteiger partial charge in [0.2, 0.25) is 0 Å². The Kier molecular flexibility index (Phi) is 20.3. The largest absolute Gasteiger partial charge is 2.00 e. The first-order valence-electron chi connectivity index (χ1n) is 21.3. The number of para-hydroxylation sites is 2. The van der Waals surface area contributed by atoms with Gasteiger partial charge in [-0.25, -0.2) is 16.8 Å². The molecule has 316 valence electrons. The third kappa shape index (κ3) is 14.6. The summed E-state index contributed by atoms with van der Waals surface area (Å²) in [5.74, 6) is 0. The zero-order valence-electron chi connectivity index (χ0n) is 35.0. The molecule has 0 saturated heterocycles. The molecule has 2 atom stereocenters. The van der Waals surface area contributed by atoms with Gasteiger partial charge in [0.1, 0.15) is 20.2 Å². The van der Waals surface area contributed by atoms with Gasteiger partial charge >= 0.3 is 37.7 Å². The SMILES string of the molecule is CCCCCCCCCC1Nc2cccc(S(=O)(=O)[O-])c2N1Cc1ccccc1.CCCCCCCCCC1Nc2cccc(S(=O)(=O)[O-])c2N1Cc1ccccc1.[Ca+2]. The van der Waals surface area contributed by atoms with Crippen molar-refractivity contribution in [1.29, 1.82) is 0 Å². The summed E-state index contributed by atoms with van der Waals surface area (Å²) in [4.78, 5) is 3.82. The zero-order valence-corrected chi connectivity index (χ0v) is 38.8. The van der Waals surface area contributed by atoms with Crippen LogP contribution >= 0.6 is 0 Å². The molecule has 2 aliphatic rings. The summed E-state index contributed by atoms with van der Waals surface area (Å²) < 4.78 is 71.2. The molecule has 0 aliphatic carbocycles. The third-order valence-electron chi connectivity index (χ3n) is 11.1. The molecule has 2 N–H and O–H groups in total. The third-order valence-corrected chi connectivity index (χ3v) is 12.8. The number of nitrogens with zero attached hydrogens (tertiary/aromatic N) is 2. The summed E-state index contributed by atoms with van der Waals surface area (Å²) in [6, 6.07) is 29.7. The Bertz CT molecular complexity index is 1920. The van der Waals surface area contributed by atoms with E-state index in [2.05, 4.69) is 24.5 Å². The van der Waals surface area contributed by atoms with E-state index in [4.69, 9.17) is 0 Å². The number of hydrogen-bond acceptors (Lipinski definition) is 10.